The molecule has 2 aliphatic rings. The molecule has 7 nitrogen and oxygen atoms in total. The van der Waals surface area contributed by atoms with Crippen molar-refractivity contribution in [2.75, 3.05) is 26.2 Å². The number of fused-ring (bicyclic) bond motifs is 1. The number of aliphatic imine (C=N–C) groups is 1. The molecule has 0 radical (unpaired) electrons. The van der Waals surface area contributed by atoms with Crippen LogP contribution in [0.4, 0.5) is 26.3 Å². The minimum absolute atomic E-state index is 0.0214. The van der Waals surface area contributed by atoms with Gasteiger partial charge in [-0.1, -0.05) is 12.1 Å². The third kappa shape index (κ3) is 6.60. The van der Waals surface area contributed by atoms with Gasteiger partial charge in [-0.05, 0) is 74.0 Å². The number of thioether (sulfide) groups is 1. The number of halogens is 6. The van der Waals surface area contributed by atoms with Crippen LogP contribution in [0.25, 0.3) is 17.0 Å². The van der Waals surface area contributed by atoms with Crippen LogP contribution in [0.2, 0.25) is 0 Å². The van der Waals surface area contributed by atoms with Crippen LogP contribution in [0.3, 0.4) is 0 Å². The number of aliphatic hydroxyl groups is 1. The van der Waals surface area contributed by atoms with Gasteiger partial charge in [0.05, 0.1) is 46.9 Å². The van der Waals surface area contributed by atoms with Crippen molar-refractivity contribution in [3.63, 3.8) is 0 Å². The van der Waals surface area contributed by atoms with Crippen molar-refractivity contribution in [1.82, 2.24) is 19.6 Å². The smallest absolute Gasteiger partial charge is 0.395 e. The second-order valence-electron chi connectivity index (χ2n) is 11.4. The molecule has 1 aromatic heterocycles. The molecule has 3 heterocycles. The minimum atomic E-state index is -4.98. The number of carbonyl (C=O) groups excluding carboxylic acids is 1. The van der Waals surface area contributed by atoms with Crippen LogP contribution in [0.15, 0.2) is 52.5 Å². The summed E-state index contributed by atoms with van der Waals surface area (Å²) in [6.07, 6.45) is -6.77. The van der Waals surface area contributed by atoms with Gasteiger partial charge in [0.15, 0.2) is 5.17 Å². The molecule has 43 heavy (non-hydrogen) atoms. The zero-order valence-corrected chi connectivity index (χ0v) is 24.3. The van der Waals surface area contributed by atoms with Gasteiger partial charge < -0.3 is 10.0 Å². The van der Waals surface area contributed by atoms with E-state index in [4.69, 9.17) is 0 Å². The summed E-state index contributed by atoms with van der Waals surface area (Å²) in [7, 11) is 0. The summed E-state index contributed by atoms with van der Waals surface area (Å²) < 4.78 is 81.3. The van der Waals surface area contributed by atoms with E-state index in [0.29, 0.717) is 52.2 Å². The molecule has 230 valence electrons. The number of hydrogen-bond donors (Lipinski definition) is 1. The van der Waals surface area contributed by atoms with Crippen LogP contribution in [0, 0.1) is 0 Å². The van der Waals surface area contributed by atoms with Gasteiger partial charge in [0, 0.05) is 30.6 Å². The van der Waals surface area contributed by atoms with Crippen LogP contribution in [-0.2, 0) is 23.7 Å². The Kier molecular flexibility index (Phi) is 8.16. The average molecular weight is 626 g/mol. The standard InChI is InChI=1S/C29H29F6N5O2S/c1-27(2,3)39-9-8-38(15-21(39)16-41)26-37-25(42)24(43-26)11-17-4-7-23-19(10-17)13-36-40(23)14-18-5-6-20(28(30,31)32)12-22(18)29(33,34)35/h4-7,10-13,21,41H,8-9,14-16H2,1-3H3/b24-11+. The zero-order chi connectivity index (χ0) is 31.3. The maximum atomic E-state index is 13.6. The second kappa shape index (κ2) is 11.3. The summed E-state index contributed by atoms with van der Waals surface area (Å²) in [5.74, 6) is -0.392. The lowest BCUT2D eigenvalue weighted by Gasteiger charge is -2.47. The van der Waals surface area contributed by atoms with Gasteiger partial charge in [-0.15, -0.1) is 0 Å². The van der Waals surface area contributed by atoms with Gasteiger partial charge in [-0.3, -0.25) is 14.4 Å². The Morgan fingerprint density at radius 2 is 1.77 bits per heavy atom. The number of amidine groups is 1. The van der Waals surface area contributed by atoms with Crippen molar-refractivity contribution in [1.29, 1.82) is 0 Å². The summed E-state index contributed by atoms with van der Waals surface area (Å²) in [4.78, 5) is 21.6. The monoisotopic (exact) mass is 625 g/mol. The molecule has 3 aromatic rings. The number of alkyl halides is 6. The Morgan fingerprint density at radius 1 is 1.02 bits per heavy atom. The van der Waals surface area contributed by atoms with E-state index in [-0.39, 0.29) is 36.4 Å². The van der Waals surface area contributed by atoms with Crippen LogP contribution < -0.4 is 0 Å². The molecule has 2 aromatic carbocycles. The molecule has 1 fully saturated rings. The van der Waals surface area contributed by atoms with E-state index in [1.54, 1.807) is 24.3 Å². The highest BCUT2D eigenvalue weighted by Gasteiger charge is 2.39. The summed E-state index contributed by atoms with van der Waals surface area (Å²) in [5.41, 5.74) is -2.08. The topological polar surface area (TPSA) is 74.0 Å². The van der Waals surface area contributed by atoms with E-state index in [0.717, 1.165) is 6.07 Å². The first-order chi connectivity index (χ1) is 20.0. The Balaban J connectivity index is 1.33. The lowest BCUT2D eigenvalue weighted by molar-refractivity contribution is -0.143. The van der Waals surface area contributed by atoms with Crippen molar-refractivity contribution in [3.05, 3.63) is 69.8 Å². The first kappa shape index (κ1) is 31.1. The molecule has 0 aliphatic carbocycles. The molecule has 2 aliphatic heterocycles. The number of piperazine rings is 1. The van der Waals surface area contributed by atoms with E-state index >= 15 is 0 Å². The van der Waals surface area contributed by atoms with Crippen molar-refractivity contribution < 1.29 is 36.2 Å². The van der Waals surface area contributed by atoms with E-state index in [2.05, 4.69) is 35.8 Å². The molecule has 1 N–H and O–H groups in total. The second-order valence-corrected chi connectivity index (χ2v) is 12.5. The number of rotatable bonds is 4. The maximum Gasteiger partial charge on any atom is 0.416 e. The number of nitrogens with zero attached hydrogens (tertiary/aromatic N) is 5. The van der Waals surface area contributed by atoms with E-state index < -0.39 is 29.4 Å². The lowest BCUT2D eigenvalue weighted by Crippen LogP contribution is -2.61. The van der Waals surface area contributed by atoms with Crippen LogP contribution in [-0.4, -0.2) is 73.6 Å². The average Bonchev–Trinajstić information content (AvgIpc) is 3.49. The number of benzene rings is 2. The van der Waals surface area contributed by atoms with Gasteiger partial charge in [0.1, 0.15) is 0 Å². The molecule has 5 rings (SSSR count). The SMILES string of the molecule is CC(C)(C)N1CCN(C2=NC(=O)/C(=C\c3ccc4c(cnn4Cc4ccc(C(F)(F)F)cc4C(F)(F)F)c3)S2)CC1CO. The molecule has 1 saturated heterocycles. The highest BCUT2D eigenvalue weighted by Crippen LogP contribution is 2.38. The van der Waals surface area contributed by atoms with Crippen LogP contribution in [0.1, 0.15) is 43.0 Å². The fourth-order valence-corrected chi connectivity index (χ4v) is 6.34. The third-order valence-corrected chi connectivity index (χ3v) is 8.51. The first-order valence-corrected chi connectivity index (χ1v) is 14.2. The molecule has 1 atom stereocenters. The summed E-state index contributed by atoms with van der Waals surface area (Å²) in [5, 5.41) is 15.3. The quantitative estimate of drug-likeness (QED) is 0.289. The Hall–Kier alpha value is -3.36. The molecule has 14 heteroatoms. The number of amides is 1. The summed E-state index contributed by atoms with van der Waals surface area (Å²) in [6, 6.07) is 6.50. The Bertz CT molecular complexity index is 1610. The fourth-order valence-electron chi connectivity index (χ4n) is 5.39. The van der Waals surface area contributed by atoms with Gasteiger partial charge in [0.25, 0.3) is 5.91 Å². The lowest BCUT2D eigenvalue weighted by atomic mass is 10.0. The number of aromatic nitrogens is 2. The minimum Gasteiger partial charge on any atom is -0.395 e. The normalized spacial score (nSPS) is 20.0. The van der Waals surface area contributed by atoms with Crippen molar-refractivity contribution in [2.24, 2.45) is 4.99 Å². The number of hydrogen-bond acceptors (Lipinski definition) is 6. The zero-order valence-electron chi connectivity index (χ0n) is 23.5. The predicted octanol–water partition coefficient (Wildman–Crippen LogP) is 5.87. The molecule has 0 saturated carbocycles. The summed E-state index contributed by atoms with van der Waals surface area (Å²) >= 11 is 1.24. The Labute approximate surface area is 247 Å². The first-order valence-electron chi connectivity index (χ1n) is 13.4. The summed E-state index contributed by atoms with van der Waals surface area (Å²) in [6.45, 7) is 7.75. The Morgan fingerprint density at radius 3 is 2.42 bits per heavy atom. The van der Waals surface area contributed by atoms with Gasteiger partial charge in [0.2, 0.25) is 0 Å². The highest BCUT2D eigenvalue weighted by atomic mass is 32.2. The van der Waals surface area contributed by atoms with Gasteiger partial charge in [-0.25, -0.2) is 0 Å². The molecule has 0 spiro atoms. The molecule has 1 unspecified atom stereocenters. The van der Waals surface area contributed by atoms with E-state index in [1.165, 1.54) is 22.6 Å². The van der Waals surface area contributed by atoms with Crippen LogP contribution >= 0.6 is 11.8 Å². The molecular weight excluding hydrogens is 596 g/mol. The third-order valence-electron chi connectivity index (χ3n) is 7.46. The molecular formula is C29H29F6N5O2S. The van der Waals surface area contributed by atoms with Gasteiger partial charge in [-0.2, -0.15) is 36.4 Å². The fraction of sp³-hybridized carbons (Fsp3) is 0.414. The number of carbonyl (C=O) groups is 1. The van der Waals surface area contributed by atoms with E-state index in [1.807, 2.05) is 4.90 Å². The predicted molar refractivity (Wildman–Crippen MR) is 152 cm³/mol. The maximum absolute atomic E-state index is 13.6. The van der Waals surface area contributed by atoms with E-state index in [9.17, 15) is 36.2 Å². The van der Waals surface area contributed by atoms with Crippen LogP contribution in [0.5, 0.6) is 0 Å². The largest absolute Gasteiger partial charge is 0.416 e. The van der Waals surface area contributed by atoms with Gasteiger partial charge >= 0.3 is 12.4 Å². The highest BCUT2D eigenvalue weighted by molar-refractivity contribution is 8.18. The molecule has 1 amide bonds. The number of aliphatic hydroxyl groups excluding tert-OH is 1. The van der Waals surface area contributed by atoms with Crippen molar-refractivity contribution in [3.8, 4) is 0 Å². The van der Waals surface area contributed by atoms with Crippen molar-refractivity contribution in [2.45, 2.75) is 51.2 Å². The molecule has 0 bridgehead atoms. The van der Waals surface area contributed by atoms with Crippen molar-refractivity contribution >= 4 is 39.8 Å².